The summed E-state index contributed by atoms with van der Waals surface area (Å²) in [6.45, 7) is 8.72. The molecule has 3 N–H and O–H groups in total. The number of anilines is 1. The molecule has 1 unspecified atom stereocenters. The molecule has 0 saturated carbocycles. The van der Waals surface area contributed by atoms with Crippen LogP contribution in [0.15, 0.2) is 18.2 Å². The molecule has 6 nitrogen and oxygen atoms in total. The van der Waals surface area contributed by atoms with E-state index in [1.165, 1.54) is 94.1 Å². The summed E-state index contributed by atoms with van der Waals surface area (Å²) in [4.78, 5) is 12.1. The van der Waals surface area contributed by atoms with Gasteiger partial charge in [0.1, 0.15) is 5.00 Å². The van der Waals surface area contributed by atoms with Gasteiger partial charge in [0.05, 0.1) is 5.52 Å². The second-order valence-corrected chi connectivity index (χ2v) is 10.5. The van der Waals surface area contributed by atoms with E-state index in [0.717, 1.165) is 28.9 Å². The number of carbonyl (C=O) groups is 1. The number of urea groups is 1. The molecule has 2 rings (SSSR count). The van der Waals surface area contributed by atoms with Crippen molar-refractivity contribution in [1.29, 1.82) is 0 Å². The number of unbranched alkanes of at least 4 members (excludes halogenated alkanes) is 8. The Kier molecular flexibility index (Phi) is 15.5. The Morgan fingerprint density at radius 3 is 2.40 bits per heavy atom. The largest absolute Gasteiger partial charge is 0.381 e. The Bertz CT molecular complexity index is 826. The second-order valence-electron chi connectivity index (χ2n) is 9.74. The number of hydrogen-bond donors (Lipinski definition) is 3. The van der Waals surface area contributed by atoms with Crippen molar-refractivity contribution in [3.05, 3.63) is 23.8 Å². The van der Waals surface area contributed by atoms with Gasteiger partial charge in [0.15, 0.2) is 0 Å². The molecule has 0 spiro atoms. The molecule has 0 fully saturated rings. The molecular weight excluding hydrogens is 456 g/mol. The maximum Gasteiger partial charge on any atom is 0.333 e. The zero-order valence-corrected chi connectivity index (χ0v) is 23.1. The lowest BCUT2D eigenvalue weighted by Crippen LogP contribution is -2.39. The number of nitrogens with zero attached hydrogens (tertiary/aromatic N) is 1. The van der Waals surface area contributed by atoms with Crippen LogP contribution < -0.4 is 16.2 Å². The highest BCUT2D eigenvalue weighted by atomic mass is 32.1. The number of aryl methyl sites for hydroxylation is 1. The third-order valence-electron chi connectivity index (χ3n) is 6.46. The van der Waals surface area contributed by atoms with Crippen LogP contribution in [0.3, 0.4) is 0 Å². The number of rotatable bonds is 20. The van der Waals surface area contributed by atoms with Crippen molar-refractivity contribution >= 4 is 33.5 Å². The summed E-state index contributed by atoms with van der Waals surface area (Å²) in [5.41, 5.74) is 7.80. The van der Waals surface area contributed by atoms with Gasteiger partial charge >= 0.3 is 6.03 Å². The van der Waals surface area contributed by atoms with E-state index in [2.05, 4.69) is 40.5 Å². The topological polar surface area (TPSA) is 75.3 Å². The summed E-state index contributed by atoms with van der Waals surface area (Å²) in [6, 6.07) is 5.87. The van der Waals surface area contributed by atoms with Gasteiger partial charge in [-0.2, -0.15) is 4.37 Å². The molecule has 2 aromatic rings. The van der Waals surface area contributed by atoms with Gasteiger partial charge in [0.2, 0.25) is 0 Å². The lowest BCUT2D eigenvalue weighted by atomic mass is 9.95. The first-order valence-electron chi connectivity index (χ1n) is 13.9. The van der Waals surface area contributed by atoms with Gasteiger partial charge in [-0.1, -0.05) is 89.7 Å². The zero-order chi connectivity index (χ0) is 25.1. The van der Waals surface area contributed by atoms with Crippen LogP contribution in [0.2, 0.25) is 0 Å². The van der Waals surface area contributed by atoms with Gasteiger partial charge in [-0.3, -0.25) is 10.9 Å². The molecule has 0 radical (unpaired) electrons. The lowest BCUT2D eigenvalue weighted by molar-refractivity contribution is 0.0895. The summed E-state index contributed by atoms with van der Waals surface area (Å²) < 4.78 is 10.4. The van der Waals surface area contributed by atoms with E-state index in [9.17, 15) is 4.79 Å². The molecule has 1 heterocycles. The highest BCUT2D eigenvalue weighted by molar-refractivity contribution is 7.11. The van der Waals surface area contributed by atoms with E-state index in [1.807, 2.05) is 19.1 Å². The second kappa shape index (κ2) is 18.4. The van der Waals surface area contributed by atoms with Crippen molar-refractivity contribution in [1.82, 2.24) is 15.1 Å². The van der Waals surface area contributed by atoms with E-state index in [-0.39, 0.29) is 6.03 Å². The van der Waals surface area contributed by atoms with Crippen molar-refractivity contribution < 1.29 is 9.53 Å². The number of amides is 2. The number of nitrogens with one attached hydrogen (secondary N) is 3. The molecule has 0 aliphatic heterocycles. The van der Waals surface area contributed by atoms with Crippen molar-refractivity contribution in [2.75, 3.05) is 25.2 Å². The number of fused-ring (bicyclic) bond motifs is 1. The van der Waals surface area contributed by atoms with Crippen LogP contribution in [-0.4, -0.2) is 30.2 Å². The van der Waals surface area contributed by atoms with Gasteiger partial charge in [0.25, 0.3) is 0 Å². The van der Waals surface area contributed by atoms with Gasteiger partial charge < -0.3 is 10.1 Å². The third-order valence-corrected chi connectivity index (χ3v) is 7.25. The van der Waals surface area contributed by atoms with E-state index in [0.29, 0.717) is 19.1 Å². The van der Waals surface area contributed by atoms with Crippen LogP contribution in [0, 0.1) is 12.8 Å². The number of hydrazine groups is 1. The SMILES string of the molecule is CCCCCCCCC(CCCCCC)COCCCNC(=O)NNc1snc2ccc(C)cc12. The molecule has 2 amide bonds. The first-order chi connectivity index (χ1) is 17.1. The number of aromatic nitrogens is 1. The summed E-state index contributed by atoms with van der Waals surface area (Å²) in [5, 5.41) is 4.76. The lowest BCUT2D eigenvalue weighted by Gasteiger charge is -2.17. The summed E-state index contributed by atoms with van der Waals surface area (Å²) in [5.74, 6) is 0.677. The number of benzene rings is 1. The molecule has 1 aromatic heterocycles. The Hall–Kier alpha value is -1.86. The Labute approximate surface area is 217 Å². The minimum Gasteiger partial charge on any atom is -0.381 e. The molecule has 1 aromatic carbocycles. The van der Waals surface area contributed by atoms with Crippen LogP contribution in [0.1, 0.15) is 103 Å². The average Bonchev–Trinajstić information content (AvgIpc) is 3.26. The molecule has 198 valence electrons. The summed E-state index contributed by atoms with van der Waals surface area (Å²) >= 11 is 1.35. The van der Waals surface area contributed by atoms with E-state index >= 15 is 0 Å². The van der Waals surface area contributed by atoms with Gasteiger partial charge in [-0.15, -0.1) is 0 Å². The monoisotopic (exact) mass is 504 g/mol. The normalized spacial score (nSPS) is 12.1. The van der Waals surface area contributed by atoms with Gasteiger partial charge in [0, 0.05) is 25.1 Å². The smallest absolute Gasteiger partial charge is 0.333 e. The van der Waals surface area contributed by atoms with Crippen LogP contribution in [0.25, 0.3) is 10.9 Å². The van der Waals surface area contributed by atoms with Crippen LogP contribution >= 0.6 is 11.5 Å². The van der Waals surface area contributed by atoms with Crippen LogP contribution in [0.5, 0.6) is 0 Å². The molecule has 0 aliphatic carbocycles. The molecule has 0 bridgehead atoms. The molecular formula is C28H48N4O2S. The Morgan fingerprint density at radius 2 is 1.66 bits per heavy atom. The van der Waals surface area contributed by atoms with Crippen molar-refractivity contribution in [2.45, 2.75) is 104 Å². The molecule has 7 heteroatoms. The molecule has 1 atom stereocenters. The van der Waals surface area contributed by atoms with E-state index in [1.54, 1.807) is 0 Å². The molecule has 35 heavy (non-hydrogen) atoms. The molecule has 0 aliphatic rings. The summed E-state index contributed by atoms with van der Waals surface area (Å²) in [7, 11) is 0. The first-order valence-corrected chi connectivity index (χ1v) is 14.6. The summed E-state index contributed by atoms with van der Waals surface area (Å²) in [6.07, 6.45) is 16.8. The van der Waals surface area contributed by atoms with E-state index < -0.39 is 0 Å². The number of ether oxygens (including phenoxy) is 1. The fourth-order valence-electron chi connectivity index (χ4n) is 4.31. The van der Waals surface area contributed by atoms with Crippen molar-refractivity contribution in [3.63, 3.8) is 0 Å². The zero-order valence-electron chi connectivity index (χ0n) is 22.3. The van der Waals surface area contributed by atoms with Crippen LogP contribution in [0.4, 0.5) is 9.80 Å². The average molecular weight is 505 g/mol. The standard InChI is InChI=1S/C28H48N4O2S/c1-4-6-8-10-11-13-16-24(15-12-9-7-5-2)22-34-20-14-19-29-28(33)31-30-27-25-21-23(3)17-18-26(25)32-35-27/h17-18,21,24,30H,4-16,19-20,22H2,1-3H3,(H2,29,31,33). The number of carbonyl (C=O) groups excluding carboxylic acids is 1. The highest BCUT2D eigenvalue weighted by Crippen LogP contribution is 2.27. The van der Waals surface area contributed by atoms with E-state index in [4.69, 9.17) is 4.74 Å². The highest BCUT2D eigenvalue weighted by Gasteiger charge is 2.10. The number of hydrogen-bond acceptors (Lipinski definition) is 5. The minimum atomic E-state index is -0.240. The van der Waals surface area contributed by atoms with Crippen molar-refractivity contribution in [2.24, 2.45) is 5.92 Å². The minimum absolute atomic E-state index is 0.240. The Morgan fingerprint density at radius 1 is 0.971 bits per heavy atom. The van der Waals surface area contributed by atoms with Crippen molar-refractivity contribution in [3.8, 4) is 0 Å². The fraction of sp³-hybridized carbons (Fsp3) is 0.714. The van der Waals surface area contributed by atoms with Crippen LogP contribution in [-0.2, 0) is 4.74 Å². The maximum atomic E-state index is 12.1. The third kappa shape index (κ3) is 12.6. The quantitative estimate of drug-likeness (QED) is 0.126. The fourth-order valence-corrected chi connectivity index (χ4v) is 5.02. The van der Waals surface area contributed by atoms with Gasteiger partial charge in [-0.25, -0.2) is 4.79 Å². The maximum absolute atomic E-state index is 12.1. The van der Waals surface area contributed by atoms with Gasteiger partial charge in [-0.05, 0) is 55.8 Å². The first kappa shape index (κ1) is 29.4. The Balaban J connectivity index is 1.57. The predicted octanol–water partition coefficient (Wildman–Crippen LogP) is 7.97. The predicted molar refractivity (Wildman–Crippen MR) is 150 cm³/mol. The molecule has 0 saturated heterocycles.